The number of nitrogens with one attached hydrogen (secondary N) is 1. The highest BCUT2D eigenvalue weighted by Crippen LogP contribution is 2.57. The molecule has 17 nitrogen and oxygen atoms in total. The van der Waals surface area contributed by atoms with Crippen LogP contribution in [0.25, 0.3) is 0 Å². The first-order valence-electron chi connectivity index (χ1n) is 22.2. The molecule has 350 valence electrons. The second-order valence-electron chi connectivity index (χ2n) is 16.0. The Morgan fingerprint density at radius 1 is 0.783 bits per heavy atom. The Kier molecular flexibility index (Phi) is 29.0. The molecule has 60 heavy (non-hydrogen) atoms. The van der Waals surface area contributed by atoms with Crippen molar-refractivity contribution in [2.45, 2.75) is 212 Å². The van der Waals surface area contributed by atoms with Gasteiger partial charge in [0.1, 0.15) is 12.3 Å². The fraction of sp³-hybridized carbons (Fsp3) is 0.854. The summed E-state index contributed by atoms with van der Waals surface area (Å²) in [5.41, 5.74) is -3.32. The first-order valence-corrected chi connectivity index (χ1v) is 25.2. The number of ether oxygens (including phenoxy) is 1. The average Bonchev–Trinajstić information content (AvgIpc) is 3.67. The van der Waals surface area contributed by atoms with Crippen LogP contribution in [0.4, 0.5) is 0 Å². The minimum atomic E-state index is -5.18. The topological polar surface area (TPSA) is 272 Å². The second kappa shape index (κ2) is 31.0. The number of nitrogens with zero attached hydrogens (tertiary/aromatic N) is 1. The second-order valence-corrected chi connectivity index (χ2v) is 18.8. The predicted octanol–water partition coefficient (Wildman–Crippen LogP) is 7.36. The molecular weight excluding hydrogens is 822 g/mol. The summed E-state index contributed by atoms with van der Waals surface area (Å²) in [7, 11) is -10.1. The van der Waals surface area contributed by atoms with Crippen molar-refractivity contribution in [1.82, 2.24) is 9.55 Å². The fourth-order valence-corrected chi connectivity index (χ4v) is 8.71. The molecule has 7 N–H and O–H groups in total. The number of ketones is 2. The molecule has 1 fully saturated rings. The molecule has 0 bridgehead atoms. The van der Waals surface area contributed by atoms with Gasteiger partial charge in [-0.2, -0.15) is 4.31 Å². The summed E-state index contributed by atoms with van der Waals surface area (Å²) in [5.74, 6) is -1.29. The Morgan fingerprint density at radius 2 is 1.20 bits per heavy atom. The zero-order valence-corrected chi connectivity index (χ0v) is 38.1. The van der Waals surface area contributed by atoms with E-state index in [1.807, 2.05) is 0 Å². The molecule has 0 aliphatic carbocycles. The van der Waals surface area contributed by atoms with Crippen LogP contribution in [0.15, 0.2) is 15.8 Å². The molecule has 4 atom stereocenters. The van der Waals surface area contributed by atoms with Crippen LogP contribution in [-0.2, 0) is 32.3 Å². The zero-order chi connectivity index (χ0) is 45.0. The molecule has 1 aromatic heterocycles. The van der Waals surface area contributed by atoms with Gasteiger partial charge in [-0.3, -0.25) is 28.5 Å². The molecule has 1 aliphatic heterocycles. The number of aromatic nitrogens is 2. The van der Waals surface area contributed by atoms with Crippen molar-refractivity contribution in [2.75, 3.05) is 13.2 Å². The minimum Gasteiger partial charge on any atom is -0.394 e. The lowest BCUT2D eigenvalue weighted by Crippen LogP contribution is -2.57. The number of Topliss-reactive ketones (excluding diaryl/α,β-unsaturated/α-hetero) is 2. The number of carbonyl (C=O) groups excluding carboxylic acids is 2. The number of aliphatic hydroxyl groups is 3. The Hall–Kier alpha value is -1.88. The third-order valence-corrected chi connectivity index (χ3v) is 12.8. The first kappa shape index (κ1) is 56.1. The maximum atomic E-state index is 12.7. The number of carbonyl (C=O) groups is 2. The lowest BCUT2D eigenvalue weighted by Gasteiger charge is -2.29. The average molecular weight is 899 g/mol. The quantitative estimate of drug-likeness (QED) is 0.0202. The van der Waals surface area contributed by atoms with E-state index in [-0.39, 0.29) is 12.8 Å². The van der Waals surface area contributed by atoms with Gasteiger partial charge < -0.3 is 34.7 Å². The van der Waals surface area contributed by atoms with Crippen molar-refractivity contribution < 1.29 is 62.3 Å². The van der Waals surface area contributed by atoms with Gasteiger partial charge in [0.2, 0.25) is 5.60 Å². The van der Waals surface area contributed by atoms with Crippen LogP contribution in [0.2, 0.25) is 0 Å². The molecule has 0 amide bonds. The van der Waals surface area contributed by atoms with E-state index in [1.54, 1.807) is 0 Å². The Labute approximate surface area is 355 Å². The van der Waals surface area contributed by atoms with Crippen LogP contribution in [0.1, 0.15) is 193 Å². The number of unbranched alkanes of at least 4 members (excludes halogenated alkanes) is 20. The monoisotopic (exact) mass is 898 g/mol. The lowest BCUT2D eigenvalue weighted by molar-refractivity contribution is -0.166. The Bertz CT molecular complexity index is 1520. The van der Waals surface area contributed by atoms with Gasteiger partial charge in [-0.15, -0.1) is 0 Å². The summed E-state index contributed by atoms with van der Waals surface area (Å²) in [6, 6.07) is 0. The molecule has 2 heterocycles. The minimum absolute atomic E-state index is 0.0641. The van der Waals surface area contributed by atoms with E-state index in [0.29, 0.717) is 31.2 Å². The van der Waals surface area contributed by atoms with E-state index < -0.39 is 75.7 Å². The highest BCUT2D eigenvalue weighted by atomic mass is 31.3. The van der Waals surface area contributed by atoms with E-state index in [2.05, 4.69) is 27.7 Å². The molecule has 1 saturated heterocycles. The van der Waals surface area contributed by atoms with E-state index in [4.69, 9.17) is 14.5 Å². The van der Waals surface area contributed by atoms with Crippen molar-refractivity contribution >= 4 is 27.2 Å². The molecule has 1 aromatic rings. The molecule has 0 saturated carbocycles. The summed E-state index contributed by atoms with van der Waals surface area (Å²) < 4.78 is 36.7. The zero-order valence-electron chi connectivity index (χ0n) is 36.3. The highest BCUT2D eigenvalue weighted by Gasteiger charge is 2.48. The van der Waals surface area contributed by atoms with Crippen molar-refractivity contribution in [1.29, 1.82) is 0 Å². The summed E-state index contributed by atoms with van der Waals surface area (Å²) in [4.78, 5) is 76.8. The van der Waals surface area contributed by atoms with E-state index in [1.165, 1.54) is 108 Å². The van der Waals surface area contributed by atoms with Crippen molar-refractivity contribution in [3.05, 3.63) is 32.6 Å². The number of phosphoric acid groups is 2. The lowest BCUT2D eigenvalue weighted by atomic mass is 9.82. The molecule has 1 aliphatic rings. The van der Waals surface area contributed by atoms with Gasteiger partial charge in [-0.25, -0.2) is 13.9 Å². The van der Waals surface area contributed by atoms with Gasteiger partial charge in [0.15, 0.2) is 11.6 Å². The standard InChI is InChI=1S/C31H60O5.C10H16N2O10P2/c1-3-5-7-9-11-13-15-17-19-21-23-25-28(33)31(36,30(35)27-32)29(34)26-24-22-20-18-16-14-12-10-8-6-4-2;1-6-4-12(10(14)11-9(6)13)8-3-2-7(21-8)5-20-24(18,19)22-23(15,16)17/h30,32,35-36H,3-27H2,1-2H3;4,7-8H,2-3,5H2,1H3,(H,18,19)(H,11,13,14)(H2,15,16,17)/t;7-,8+/m.1/s1. The molecule has 2 unspecified atom stereocenters. The van der Waals surface area contributed by atoms with Gasteiger partial charge in [0, 0.05) is 24.6 Å². The summed E-state index contributed by atoms with van der Waals surface area (Å²) in [6.07, 6.45) is 24.4. The summed E-state index contributed by atoms with van der Waals surface area (Å²) in [5, 5.41) is 30.3. The van der Waals surface area contributed by atoms with Gasteiger partial charge in [-0.1, -0.05) is 142 Å². The van der Waals surface area contributed by atoms with Crippen LogP contribution in [0.5, 0.6) is 0 Å². The number of aliphatic hydroxyl groups excluding tert-OH is 2. The van der Waals surface area contributed by atoms with Crippen LogP contribution in [-0.4, -0.2) is 82.1 Å². The SMILES string of the molecule is CCCCCCCCCCCCCC(=O)C(O)(C(=O)CCCCCCCCCCCCC)C(O)CO.Cc1cn([C@@H]2CC[C@H](COP(=O)(O)OP(=O)(O)O)O2)c(=O)[nH]c1=O. The van der Waals surface area contributed by atoms with Gasteiger partial charge in [-0.05, 0) is 32.6 Å². The van der Waals surface area contributed by atoms with Gasteiger partial charge >= 0.3 is 21.3 Å². The smallest absolute Gasteiger partial charge is 0.394 e. The largest absolute Gasteiger partial charge is 0.481 e. The number of aryl methyl sites for hydroxylation is 1. The molecule has 0 radical (unpaired) electrons. The molecule has 0 spiro atoms. The molecular formula is C41H76N2O15P2. The normalized spacial score (nSPS) is 17.2. The first-order chi connectivity index (χ1) is 28.4. The van der Waals surface area contributed by atoms with E-state index >= 15 is 0 Å². The van der Waals surface area contributed by atoms with Crippen LogP contribution in [0.3, 0.4) is 0 Å². The number of aromatic amines is 1. The number of H-pyrrole nitrogens is 1. The van der Waals surface area contributed by atoms with Crippen LogP contribution < -0.4 is 11.2 Å². The third-order valence-electron chi connectivity index (χ3n) is 10.7. The number of hydrogen-bond acceptors (Lipinski definition) is 12. The van der Waals surface area contributed by atoms with Crippen LogP contribution in [0, 0.1) is 6.92 Å². The maximum Gasteiger partial charge on any atom is 0.481 e. The third kappa shape index (κ3) is 23.5. The number of rotatable bonds is 34. The van der Waals surface area contributed by atoms with E-state index in [0.717, 1.165) is 38.5 Å². The molecule has 19 heteroatoms. The predicted molar refractivity (Wildman–Crippen MR) is 228 cm³/mol. The molecule has 2 rings (SSSR count). The van der Waals surface area contributed by atoms with E-state index in [9.17, 15) is 48.5 Å². The van der Waals surface area contributed by atoms with Gasteiger partial charge in [0.05, 0.1) is 19.3 Å². The maximum absolute atomic E-state index is 12.7. The van der Waals surface area contributed by atoms with Gasteiger partial charge in [0.25, 0.3) is 5.56 Å². The summed E-state index contributed by atoms with van der Waals surface area (Å²) >= 11 is 0. The Balaban J connectivity index is 0.000000646. The molecule has 0 aromatic carbocycles. The van der Waals surface area contributed by atoms with Crippen molar-refractivity contribution in [3.8, 4) is 0 Å². The fourth-order valence-electron chi connectivity index (χ4n) is 7.09. The highest BCUT2D eigenvalue weighted by molar-refractivity contribution is 7.60. The van der Waals surface area contributed by atoms with Crippen molar-refractivity contribution in [3.63, 3.8) is 0 Å². The summed E-state index contributed by atoms with van der Waals surface area (Å²) in [6.45, 7) is 4.70. The van der Waals surface area contributed by atoms with Crippen molar-refractivity contribution in [2.24, 2.45) is 0 Å². The number of hydrogen-bond donors (Lipinski definition) is 7. The Morgan fingerprint density at radius 3 is 1.60 bits per heavy atom. The number of phosphoric ester groups is 1. The van der Waals surface area contributed by atoms with Crippen LogP contribution >= 0.6 is 15.6 Å².